The summed E-state index contributed by atoms with van der Waals surface area (Å²) >= 11 is 0. The number of carbonyl (C=O) groups is 1. The van der Waals surface area contributed by atoms with Crippen molar-refractivity contribution < 1.29 is 22.7 Å². The van der Waals surface area contributed by atoms with E-state index in [4.69, 9.17) is 9.47 Å². The first kappa shape index (κ1) is 15.5. The maximum atomic E-state index is 11.8. The normalized spacial score (nSPS) is 12.8. The Balaban J connectivity index is 3.56. The zero-order chi connectivity index (χ0) is 14.6. The first-order valence-electron chi connectivity index (χ1n) is 5.74. The Bertz CT molecular complexity index is 563. The summed E-state index contributed by atoms with van der Waals surface area (Å²) in [6.45, 7) is 1.83. The number of aldehydes is 1. The van der Waals surface area contributed by atoms with E-state index in [-0.39, 0.29) is 23.0 Å². The molecule has 0 aliphatic rings. The molecule has 1 rings (SSSR count). The van der Waals surface area contributed by atoms with Gasteiger partial charge in [0.15, 0.2) is 9.84 Å². The van der Waals surface area contributed by atoms with Crippen LogP contribution < -0.4 is 9.47 Å². The van der Waals surface area contributed by atoms with E-state index in [2.05, 4.69) is 0 Å². The van der Waals surface area contributed by atoms with Crippen molar-refractivity contribution in [2.75, 3.05) is 20.5 Å². The molecular weight excluding hydrogens is 268 g/mol. The Morgan fingerprint density at radius 1 is 1.26 bits per heavy atom. The van der Waals surface area contributed by atoms with Crippen molar-refractivity contribution in [3.05, 3.63) is 17.7 Å². The molecular formula is C13H18O5S. The van der Waals surface area contributed by atoms with Crippen molar-refractivity contribution in [2.24, 2.45) is 0 Å². The van der Waals surface area contributed by atoms with E-state index in [1.165, 1.54) is 20.3 Å². The summed E-state index contributed by atoms with van der Waals surface area (Å²) in [7, 11) is -0.572. The van der Waals surface area contributed by atoms with Crippen LogP contribution in [0.25, 0.3) is 0 Å². The molecule has 0 N–H and O–H groups in total. The van der Waals surface area contributed by atoms with Crippen LogP contribution in [0.1, 0.15) is 24.8 Å². The molecule has 106 valence electrons. The smallest absolute Gasteiger partial charge is 0.179 e. The third-order valence-electron chi connectivity index (χ3n) is 2.88. The first-order chi connectivity index (χ1) is 8.85. The summed E-state index contributed by atoms with van der Waals surface area (Å²) in [5, 5.41) is 0. The fourth-order valence-electron chi connectivity index (χ4n) is 1.85. The van der Waals surface area contributed by atoms with Gasteiger partial charge in [0, 0.05) is 24.3 Å². The van der Waals surface area contributed by atoms with E-state index < -0.39 is 9.84 Å². The van der Waals surface area contributed by atoms with Gasteiger partial charge in [0.25, 0.3) is 0 Å². The minimum atomic E-state index is -3.44. The fraction of sp³-hybridized carbons (Fsp3) is 0.462. The van der Waals surface area contributed by atoms with Gasteiger partial charge >= 0.3 is 0 Å². The lowest BCUT2D eigenvalue weighted by Gasteiger charge is -2.18. The molecule has 1 aromatic rings. The lowest BCUT2D eigenvalue weighted by Crippen LogP contribution is -2.06. The molecule has 0 radical (unpaired) electrons. The molecule has 0 amide bonds. The first-order valence-corrected chi connectivity index (χ1v) is 7.63. The topological polar surface area (TPSA) is 69.7 Å². The average molecular weight is 286 g/mol. The summed E-state index contributed by atoms with van der Waals surface area (Å²) < 4.78 is 33.9. The van der Waals surface area contributed by atoms with Gasteiger partial charge < -0.3 is 14.3 Å². The third-order valence-corrected chi connectivity index (χ3v) is 3.98. The monoisotopic (exact) mass is 286 g/mol. The summed E-state index contributed by atoms with van der Waals surface area (Å²) in [6, 6.07) is 3.12. The number of hydrogen-bond acceptors (Lipinski definition) is 5. The number of ether oxygens (including phenoxy) is 2. The maximum absolute atomic E-state index is 11.8. The van der Waals surface area contributed by atoms with Gasteiger partial charge in [0.05, 0.1) is 14.2 Å². The number of carbonyl (C=O) groups excluding carboxylic acids is 1. The summed E-state index contributed by atoms with van der Waals surface area (Å²) in [5.41, 5.74) is 0.648. The quantitative estimate of drug-likeness (QED) is 0.746. The molecule has 19 heavy (non-hydrogen) atoms. The van der Waals surface area contributed by atoms with Crippen LogP contribution in [0, 0.1) is 0 Å². The van der Waals surface area contributed by atoms with E-state index >= 15 is 0 Å². The highest BCUT2D eigenvalue weighted by Crippen LogP contribution is 2.37. The number of rotatable bonds is 6. The second kappa shape index (κ2) is 6.06. The molecule has 0 saturated heterocycles. The number of methoxy groups -OCH3 is 2. The predicted molar refractivity (Wildman–Crippen MR) is 71.8 cm³/mol. The van der Waals surface area contributed by atoms with Crippen molar-refractivity contribution in [1.82, 2.24) is 0 Å². The van der Waals surface area contributed by atoms with Crippen LogP contribution in [-0.4, -0.2) is 35.2 Å². The number of benzene rings is 1. The van der Waals surface area contributed by atoms with Gasteiger partial charge in [-0.3, -0.25) is 0 Å². The summed E-state index contributed by atoms with van der Waals surface area (Å²) in [6.07, 6.45) is 2.19. The zero-order valence-electron chi connectivity index (χ0n) is 11.5. The molecule has 6 heteroatoms. The molecule has 1 unspecified atom stereocenters. The van der Waals surface area contributed by atoms with Crippen LogP contribution in [0.4, 0.5) is 0 Å². The molecule has 1 aromatic carbocycles. The molecule has 5 nitrogen and oxygen atoms in total. The molecule has 1 atom stereocenters. The molecule has 0 aromatic heterocycles. The van der Waals surface area contributed by atoms with Gasteiger partial charge in [-0.15, -0.1) is 0 Å². The second-order valence-corrected chi connectivity index (χ2v) is 6.31. The van der Waals surface area contributed by atoms with Gasteiger partial charge in [0.1, 0.15) is 22.7 Å². The second-order valence-electron chi connectivity index (χ2n) is 4.32. The Kier molecular flexibility index (Phi) is 4.94. The fourth-order valence-corrected chi connectivity index (χ4v) is 2.71. The molecule has 0 aliphatic carbocycles. The minimum Gasteiger partial charge on any atom is -0.497 e. The van der Waals surface area contributed by atoms with Crippen LogP contribution in [0.5, 0.6) is 11.5 Å². The Hall–Kier alpha value is -1.56. The molecule has 0 saturated carbocycles. The molecule has 0 spiro atoms. The van der Waals surface area contributed by atoms with Gasteiger partial charge in [-0.25, -0.2) is 8.42 Å². The van der Waals surface area contributed by atoms with Crippen molar-refractivity contribution in [3.63, 3.8) is 0 Å². The van der Waals surface area contributed by atoms with E-state index in [9.17, 15) is 13.2 Å². The average Bonchev–Trinajstić information content (AvgIpc) is 2.36. The highest BCUT2D eigenvalue weighted by Gasteiger charge is 2.22. The van der Waals surface area contributed by atoms with Crippen molar-refractivity contribution in [3.8, 4) is 11.5 Å². The molecule has 0 bridgehead atoms. The number of hydrogen-bond donors (Lipinski definition) is 0. The van der Waals surface area contributed by atoms with Crippen molar-refractivity contribution in [1.29, 1.82) is 0 Å². The van der Waals surface area contributed by atoms with Crippen LogP contribution in [0.2, 0.25) is 0 Å². The Morgan fingerprint density at radius 2 is 1.89 bits per heavy atom. The molecule has 0 fully saturated rings. The molecule has 0 aliphatic heterocycles. The highest BCUT2D eigenvalue weighted by atomic mass is 32.2. The van der Waals surface area contributed by atoms with Crippen molar-refractivity contribution in [2.45, 2.75) is 24.2 Å². The van der Waals surface area contributed by atoms with E-state index in [0.29, 0.717) is 11.3 Å². The van der Waals surface area contributed by atoms with Gasteiger partial charge in [-0.05, 0) is 12.0 Å². The van der Waals surface area contributed by atoms with E-state index in [1.54, 1.807) is 6.07 Å². The number of sulfone groups is 1. The lowest BCUT2D eigenvalue weighted by molar-refractivity contribution is -0.108. The lowest BCUT2D eigenvalue weighted by atomic mass is 9.97. The summed E-state index contributed by atoms with van der Waals surface area (Å²) in [4.78, 5) is 10.7. The van der Waals surface area contributed by atoms with Gasteiger partial charge in [-0.2, -0.15) is 0 Å². The van der Waals surface area contributed by atoms with E-state index in [1.807, 2.05) is 6.92 Å². The third kappa shape index (κ3) is 3.47. The summed E-state index contributed by atoms with van der Waals surface area (Å²) in [5.74, 6) is 0.551. The van der Waals surface area contributed by atoms with Crippen LogP contribution in [-0.2, 0) is 14.6 Å². The van der Waals surface area contributed by atoms with Crippen LogP contribution >= 0.6 is 0 Å². The molecule has 0 heterocycles. The maximum Gasteiger partial charge on any atom is 0.179 e. The van der Waals surface area contributed by atoms with Crippen molar-refractivity contribution >= 4 is 16.1 Å². The van der Waals surface area contributed by atoms with Gasteiger partial charge in [-0.1, -0.05) is 6.92 Å². The highest BCUT2D eigenvalue weighted by molar-refractivity contribution is 7.90. The van der Waals surface area contributed by atoms with Crippen LogP contribution in [0.15, 0.2) is 17.0 Å². The Morgan fingerprint density at radius 3 is 2.32 bits per heavy atom. The zero-order valence-corrected chi connectivity index (χ0v) is 12.3. The van der Waals surface area contributed by atoms with E-state index in [0.717, 1.165) is 12.5 Å². The predicted octanol–water partition coefficient (Wildman–Crippen LogP) is 1.80. The largest absolute Gasteiger partial charge is 0.497 e. The van der Waals surface area contributed by atoms with Crippen LogP contribution in [0.3, 0.4) is 0 Å². The van der Waals surface area contributed by atoms with Gasteiger partial charge in [0.2, 0.25) is 0 Å². The SMILES string of the molecule is COc1cc(C(C)CC=O)c(OC)c(S(C)(=O)=O)c1. The standard InChI is InChI=1S/C13H18O5S/c1-9(5-6-14)11-7-10(17-2)8-12(13(11)18-3)19(4,15)16/h6-9H,5H2,1-4H3. The minimum absolute atomic E-state index is 0.0714. The Labute approximate surface area is 113 Å².